The highest BCUT2D eigenvalue weighted by Gasteiger charge is 2.43. The topological polar surface area (TPSA) is 26.3 Å². The van der Waals surface area contributed by atoms with E-state index in [1.807, 2.05) is 0 Å². The van der Waals surface area contributed by atoms with Gasteiger partial charge in [-0.05, 0) is 18.3 Å². The predicted molar refractivity (Wildman–Crippen MR) is 54.9 cm³/mol. The first-order chi connectivity index (χ1) is 6.68. The fourth-order valence-electron chi connectivity index (χ4n) is 2.37. The van der Waals surface area contributed by atoms with Crippen molar-refractivity contribution in [3.63, 3.8) is 0 Å². The van der Waals surface area contributed by atoms with Crippen molar-refractivity contribution in [2.45, 2.75) is 20.3 Å². The van der Waals surface area contributed by atoms with Crippen LogP contribution in [-0.4, -0.2) is 19.0 Å². The van der Waals surface area contributed by atoms with Gasteiger partial charge in [-0.2, -0.15) is 0 Å². The van der Waals surface area contributed by atoms with Crippen molar-refractivity contribution in [1.29, 1.82) is 0 Å². The van der Waals surface area contributed by atoms with Crippen LogP contribution >= 0.6 is 0 Å². The van der Waals surface area contributed by atoms with Crippen LogP contribution in [0.2, 0.25) is 0 Å². The third-order valence-corrected chi connectivity index (χ3v) is 3.09. The Bertz CT molecular complexity index is 255. The van der Waals surface area contributed by atoms with Crippen LogP contribution in [0.1, 0.15) is 20.3 Å². The Balaban J connectivity index is 1.79. The number of carbonyl (C=O) groups excluding carboxylic acids is 1. The monoisotopic (exact) mass is 194 g/mol. The van der Waals surface area contributed by atoms with E-state index in [2.05, 4.69) is 26.0 Å². The lowest BCUT2D eigenvalue weighted by Gasteiger charge is -2.17. The molecule has 14 heavy (non-hydrogen) atoms. The normalized spacial score (nSPS) is 34.8. The molecule has 0 saturated heterocycles. The molecule has 0 N–H and O–H groups in total. The second kappa shape index (κ2) is 3.85. The summed E-state index contributed by atoms with van der Waals surface area (Å²) in [6, 6.07) is 0. The molecule has 1 fully saturated rings. The highest BCUT2D eigenvalue weighted by molar-refractivity contribution is 5.91. The molecule has 2 bridgehead atoms. The molecule has 0 aliphatic heterocycles. The number of allylic oxidation sites excluding steroid dienone is 2. The van der Waals surface area contributed by atoms with Gasteiger partial charge in [-0.3, -0.25) is 4.79 Å². The lowest BCUT2D eigenvalue weighted by Crippen LogP contribution is -2.18. The SMILES string of the molecule is CC(C)COCC1CC2C=CC1C2=O. The number of rotatable bonds is 4. The van der Waals surface area contributed by atoms with Crippen molar-refractivity contribution in [2.24, 2.45) is 23.7 Å². The van der Waals surface area contributed by atoms with Gasteiger partial charge in [-0.1, -0.05) is 26.0 Å². The summed E-state index contributed by atoms with van der Waals surface area (Å²) in [4.78, 5) is 11.6. The maximum absolute atomic E-state index is 11.6. The number of hydrogen-bond donors (Lipinski definition) is 0. The molecule has 0 aromatic carbocycles. The first kappa shape index (κ1) is 9.91. The van der Waals surface area contributed by atoms with E-state index in [0.29, 0.717) is 17.6 Å². The van der Waals surface area contributed by atoms with Crippen molar-refractivity contribution in [3.8, 4) is 0 Å². The quantitative estimate of drug-likeness (QED) is 0.640. The highest BCUT2D eigenvalue weighted by atomic mass is 16.5. The fourth-order valence-corrected chi connectivity index (χ4v) is 2.37. The molecule has 1 saturated carbocycles. The molecule has 0 radical (unpaired) electrons. The summed E-state index contributed by atoms with van der Waals surface area (Å²) < 4.78 is 5.59. The molecule has 2 heteroatoms. The third-order valence-electron chi connectivity index (χ3n) is 3.09. The van der Waals surface area contributed by atoms with E-state index in [9.17, 15) is 4.79 Å². The van der Waals surface area contributed by atoms with Gasteiger partial charge in [0, 0.05) is 18.4 Å². The van der Waals surface area contributed by atoms with Crippen LogP contribution in [0.15, 0.2) is 12.2 Å². The second-order valence-electron chi connectivity index (χ2n) is 4.85. The molecule has 0 aromatic rings. The summed E-state index contributed by atoms with van der Waals surface area (Å²) in [5, 5.41) is 0. The van der Waals surface area contributed by atoms with Gasteiger partial charge in [-0.15, -0.1) is 0 Å². The average molecular weight is 194 g/mol. The zero-order chi connectivity index (χ0) is 10.1. The lowest BCUT2D eigenvalue weighted by atomic mass is 9.94. The first-order valence-electron chi connectivity index (χ1n) is 5.48. The molecule has 2 aliphatic carbocycles. The van der Waals surface area contributed by atoms with E-state index < -0.39 is 0 Å². The minimum atomic E-state index is 0.173. The van der Waals surface area contributed by atoms with Crippen LogP contribution in [0.25, 0.3) is 0 Å². The number of Topliss-reactive ketones (excluding diaryl/α,β-unsaturated/α-hetero) is 1. The van der Waals surface area contributed by atoms with Crippen molar-refractivity contribution in [2.75, 3.05) is 13.2 Å². The summed E-state index contributed by atoms with van der Waals surface area (Å²) in [7, 11) is 0. The Hall–Kier alpha value is -0.630. The molecule has 0 heterocycles. The standard InChI is InChI=1S/C12H18O2/c1-8(2)6-14-7-10-5-9-3-4-11(10)12(9)13/h3-4,8-11H,5-7H2,1-2H3. The maximum atomic E-state index is 11.6. The van der Waals surface area contributed by atoms with E-state index in [1.165, 1.54) is 0 Å². The van der Waals surface area contributed by atoms with E-state index >= 15 is 0 Å². The van der Waals surface area contributed by atoms with Crippen molar-refractivity contribution in [1.82, 2.24) is 0 Å². The van der Waals surface area contributed by atoms with Crippen LogP contribution in [0, 0.1) is 23.7 Å². The van der Waals surface area contributed by atoms with Crippen LogP contribution in [-0.2, 0) is 9.53 Å². The molecule has 78 valence electrons. The van der Waals surface area contributed by atoms with Gasteiger partial charge < -0.3 is 4.74 Å². The second-order valence-corrected chi connectivity index (χ2v) is 4.85. The Morgan fingerprint density at radius 1 is 1.50 bits per heavy atom. The number of hydrogen-bond acceptors (Lipinski definition) is 2. The smallest absolute Gasteiger partial charge is 0.146 e. The van der Waals surface area contributed by atoms with Gasteiger partial charge in [0.25, 0.3) is 0 Å². The number of fused-ring (bicyclic) bond motifs is 2. The van der Waals surface area contributed by atoms with Gasteiger partial charge in [0.1, 0.15) is 5.78 Å². The largest absolute Gasteiger partial charge is 0.381 e. The molecule has 2 aliphatic rings. The summed E-state index contributed by atoms with van der Waals surface area (Å²) in [5.74, 6) is 1.85. The Morgan fingerprint density at radius 3 is 2.79 bits per heavy atom. The van der Waals surface area contributed by atoms with Crippen molar-refractivity contribution >= 4 is 5.78 Å². The number of carbonyl (C=O) groups is 1. The molecule has 3 atom stereocenters. The molecule has 2 nitrogen and oxygen atoms in total. The van der Waals surface area contributed by atoms with Crippen LogP contribution in [0.5, 0.6) is 0 Å². The Labute approximate surface area is 85.3 Å². The van der Waals surface area contributed by atoms with Crippen LogP contribution in [0.4, 0.5) is 0 Å². The average Bonchev–Trinajstić information content (AvgIpc) is 2.61. The van der Waals surface area contributed by atoms with Gasteiger partial charge in [0.15, 0.2) is 0 Å². The Morgan fingerprint density at radius 2 is 2.29 bits per heavy atom. The zero-order valence-electron chi connectivity index (χ0n) is 8.90. The fraction of sp³-hybridized carbons (Fsp3) is 0.750. The molecule has 0 spiro atoms. The summed E-state index contributed by atoms with van der Waals surface area (Å²) >= 11 is 0. The van der Waals surface area contributed by atoms with Gasteiger partial charge in [-0.25, -0.2) is 0 Å². The summed E-state index contributed by atoms with van der Waals surface area (Å²) in [6.45, 7) is 5.86. The molecule has 2 rings (SSSR count). The first-order valence-corrected chi connectivity index (χ1v) is 5.48. The predicted octanol–water partition coefficient (Wildman–Crippen LogP) is 2.05. The van der Waals surface area contributed by atoms with Gasteiger partial charge >= 0.3 is 0 Å². The molecular weight excluding hydrogens is 176 g/mol. The van der Waals surface area contributed by atoms with Crippen LogP contribution < -0.4 is 0 Å². The maximum Gasteiger partial charge on any atom is 0.146 e. The van der Waals surface area contributed by atoms with Crippen molar-refractivity contribution < 1.29 is 9.53 Å². The van der Waals surface area contributed by atoms with E-state index in [0.717, 1.165) is 19.6 Å². The lowest BCUT2D eigenvalue weighted by molar-refractivity contribution is -0.121. The van der Waals surface area contributed by atoms with E-state index in [4.69, 9.17) is 4.74 Å². The minimum Gasteiger partial charge on any atom is -0.381 e. The van der Waals surface area contributed by atoms with Gasteiger partial charge in [0.2, 0.25) is 0 Å². The Kier molecular flexibility index (Phi) is 2.73. The van der Waals surface area contributed by atoms with Crippen molar-refractivity contribution in [3.05, 3.63) is 12.2 Å². The molecule has 3 unspecified atom stereocenters. The summed E-state index contributed by atoms with van der Waals surface area (Å²) in [5.41, 5.74) is 0. The number of ketones is 1. The third kappa shape index (κ3) is 1.76. The molecule has 0 aromatic heterocycles. The van der Waals surface area contributed by atoms with E-state index in [-0.39, 0.29) is 11.8 Å². The summed E-state index contributed by atoms with van der Waals surface area (Å²) in [6.07, 6.45) is 5.14. The minimum absolute atomic E-state index is 0.173. The molecular formula is C12H18O2. The molecule has 0 amide bonds. The highest BCUT2D eigenvalue weighted by Crippen LogP contribution is 2.40. The number of ether oxygens (including phenoxy) is 1. The van der Waals surface area contributed by atoms with Gasteiger partial charge in [0.05, 0.1) is 6.61 Å². The zero-order valence-corrected chi connectivity index (χ0v) is 8.90. The van der Waals surface area contributed by atoms with E-state index in [1.54, 1.807) is 0 Å². The van der Waals surface area contributed by atoms with Crippen LogP contribution in [0.3, 0.4) is 0 Å².